The largest absolute Gasteiger partial charge is 0.339 e. The van der Waals surface area contributed by atoms with Crippen molar-refractivity contribution in [3.8, 4) is 11.4 Å². The summed E-state index contributed by atoms with van der Waals surface area (Å²) >= 11 is 3.47. The molecule has 2 rings (SSSR count). The normalized spacial score (nSPS) is 11.0. The second kappa shape index (κ2) is 5.65. The Balaban J connectivity index is 2.21. The number of Topliss-reactive ketones (excluding diaryl/α,β-unsaturated/α-hetero) is 1. The summed E-state index contributed by atoms with van der Waals surface area (Å²) in [4.78, 5) is 15.9. The number of hydrogen-bond acceptors (Lipinski definition) is 4. The van der Waals surface area contributed by atoms with Gasteiger partial charge in [0.2, 0.25) is 11.7 Å². The van der Waals surface area contributed by atoms with Crippen LogP contribution in [-0.4, -0.2) is 15.9 Å². The van der Waals surface area contributed by atoms with Crippen molar-refractivity contribution in [3.63, 3.8) is 0 Å². The van der Waals surface area contributed by atoms with E-state index in [9.17, 15) is 4.79 Å². The minimum absolute atomic E-state index is 0.0242. The molecule has 19 heavy (non-hydrogen) atoms. The van der Waals surface area contributed by atoms with Crippen LogP contribution < -0.4 is 0 Å². The zero-order valence-corrected chi connectivity index (χ0v) is 12.7. The molecule has 0 fully saturated rings. The van der Waals surface area contributed by atoms with Gasteiger partial charge in [-0.2, -0.15) is 4.98 Å². The van der Waals surface area contributed by atoms with E-state index in [2.05, 4.69) is 26.1 Å². The molecule has 1 heterocycles. The molecule has 100 valence electrons. The third-order valence-electron chi connectivity index (χ3n) is 2.87. The third kappa shape index (κ3) is 3.29. The van der Waals surface area contributed by atoms with E-state index in [4.69, 9.17) is 4.52 Å². The molecule has 4 nitrogen and oxygen atoms in total. The van der Waals surface area contributed by atoms with E-state index in [1.165, 1.54) is 0 Å². The highest BCUT2D eigenvalue weighted by Crippen LogP contribution is 2.23. The molecule has 0 aliphatic rings. The van der Waals surface area contributed by atoms with Gasteiger partial charge in [0.15, 0.2) is 0 Å². The first-order valence-electron chi connectivity index (χ1n) is 6.09. The summed E-state index contributed by atoms with van der Waals surface area (Å²) in [5, 5.41) is 3.91. The molecule has 5 heteroatoms. The summed E-state index contributed by atoms with van der Waals surface area (Å²) in [6.45, 7) is 5.73. The zero-order valence-electron chi connectivity index (χ0n) is 11.1. The first-order chi connectivity index (χ1) is 8.97. The van der Waals surface area contributed by atoms with Crippen molar-refractivity contribution in [1.29, 1.82) is 0 Å². The topological polar surface area (TPSA) is 56.0 Å². The van der Waals surface area contributed by atoms with Gasteiger partial charge in [0.05, 0.1) is 6.42 Å². The van der Waals surface area contributed by atoms with Crippen molar-refractivity contribution < 1.29 is 9.32 Å². The van der Waals surface area contributed by atoms with E-state index >= 15 is 0 Å². The van der Waals surface area contributed by atoms with Gasteiger partial charge in [0, 0.05) is 16.0 Å². The molecular formula is C14H15BrN2O2. The monoisotopic (exact) mass is 322 g/mol. The third-order valence-corrected chi connectivity index (χ3v) is 3.72. The van der Waals surface area contributed by atoms with Crippen LogP contribution in [0.4, 0.5) is 0 Å². The summed E-state index contributed by atoms with van der Waals surface area (Å²) in [6, 6.07) is 5.85. The van der Waals surface area contributed by atoms with Crippen LogP contribution in [0.3, 0.4) is 0 Å². The highest BCUT2D eigenvalue weighted by molar-refractivity contribution is 9.10. The molecule has 0 saturated heterocycles. The van der Waals surface area contributed by atoms with Gasteiger partial charge in [-0.15, -0.1) is 0 Å². The number of halogens is 1. The van der Waals surface area contributed by atoms with Gasteiger partial charge < -0.3 is 4.52 Å². The van der Waals surface area contributed by atoms with Crippen molar-refractivity contribution in [2.45, 2.75) is 27.2 Å². The molecular weight excluding hydrogens is 308 g/mol. The van der Waals surface area contributed by atoms with Crippen LogP contribution in [0, 0.1) is 12.8 Å². The molecule has 1 aromatic heterocycles. The lowest BCUT2D eigenvalue weighted by Crippen LogP contribution is -2.10. The highest BCUT2D eigenvalue weighted by atomic mass is 79.9. The molecule has 0 spiro atoms. The minimum Gasteiger partial charge on any atom is -0.339 e. The van der Waals surface area contributed by atoms with Crippen molar-refractivity contribution >= 4 is 21.7 Å². The molecule has 0 unspecified atom stereocenters. The summed E-state index contributed by atoms with van der Waals surface area (Å²) in [5.74, 6) is 0.946. The highest BCUT2D eigenvalue weighted by Gasteiger charge is 2.15. The van der Waals surface area contributed by atoms with E-state index in [0.29, 0.717) is 11.7 Å². The average molecular weight is 323 g/mol. The predicted octanol–water partition coefficient (Wildman–Crippen LogP) is 3.58. The summed E-state index contributed by atoms with van der Waals surface area (Å²) in [5.41, 5.74) is 2.01. The Morgan fingerprint density at radius 2 is 2.16 bits per heavy atom. The Bertz CT molecular complexity index is 605. The number of aromatic nitrogens is 2. The predicted molar refractivity (Wildman–Crippen MR) is 75.7 cm³/mol. The first-order valence-corrected chi connectivity index (χ1v) is 6.88. The Morgan fingerprint density at radius 3 is 2.79 bits per heavy atom. The Labute approximate surface area is 120 Å². The molecule has 0 radical (unpaired) electrons. The SMILES string of the molecule is Cc1ccc(-c2noc(CC(=O)C(C)C)n2)cc1Br. The first kappa shape index (κ1) is 13.9. The quantitative estimate of drug-likeness (QED) is 0.863. The number of aryl methyl sites for hydroxylation is 1. The van der Waals surface area contributed by atoms with Crippen molar-refractivity contribution in [2.24, 2.45) is 5.92 Å². The van der Waals surface area contributed by atoms with Gasteiger partial charge in [0.25, 0.3) is 0 Å². The van der Waals surface area contributed by atoms with Crippen LogP contribution in [0.5, 0.6) is 0 Å². The van der Waals surface area contributed by atoms with Gasteiger partial charge in [-0.05, 0) is 18.6 Å². The molecule has 2 aromatic rings. The fourth-order valence-electron chi connectivity index (χ4n) is 1.53. The molecule has 0 N–H and O–H groups in total. The number of nitrogens with zero attached hydrogens (tertiary/aromatic N) is 2. The molecule has 0 aliphatic heterocycles. The van der Waals surface area contributed by atoms with Crippen molar-refractivity contribution in [2.75, 3.05) is 0 Å². The molecule has 1 aromatic carbocycles. The molecule has 0 atom stereocenters. The van der Waals surface area contributed by atoms with E-state index in [1.807, 2.05) is 39.0 Å². The second-order valence-corrected chi connectivity index (χ2v) is 5.63. The van der Waals surface area contributed by atoms with Crippen LogP contribution in [0.1, 0.15) is 25.3 Å². The van der Waals surface area contributed by atoms with Crippen LogP contribution in [0.15, 0.2) is 27.2 Å². The average Bonchev–Trinajstić information content (AvgIpc) is 2.81. The van der Waals surface area contributed by atoms with Gasteiger partial charge in [-0.25, -0.2) is 0 Å². The van der Waals surface area contributed by atoms with Crippen LogP contribution in [0.2, 0.25) is 0 Å². The number of benzene rings is 1. The lowest BCUT2D eigenvalue weighted by molar-refractivity contribution is -0.121. The van der Waals surface area contributed by atoms with Gasteiger partial charge in [0.1, 0.15) is 5.78 Å². The Morgan fingerprint density at radius 1 is 1.42 bits per heavy atom. The molecule has 0 bridgehead atoms. The maximum absolute atomic E-state index is 11.6. The lowest BCUT2D eigenvalue weighted by Gasteiger charge is -1.99. The summed E-state index contributed by atoms with van der Waals surface area (Å²) < 4.78 is 6.11. The second-order valence-electron chi connectivity index (χ2n) is 4.77. The zero-order chi connectivity index (χ0) is 14.0. The molecule has 0 aliphatic carbocycles. The number of hydrogen-bond donors (Lipinski definition) is 0. The van der Waals surface area contributed by atoms with Gasteiger partial charge >= 0.3 is 0 Å². The minimum atomic E-state index is -0.0242. The number of carbonyl (C=O) groups is 1. The standard InChI is InChI=1S/C14H15BrN2O2/c1-8(2)12(18)7-13-16-14(17-19-13)10-5-4-9(3)11(15)6-10/h4-6,8H,7H2,1-3H3. The van der Waals surface area contributed by atoms with Crippen LogP contribution in [-0.2, 0) is 11.2 Å². The summed E-state index contributed by atoms with van der Waals surface area (Å²) in [7, 11) is 0. The van der Waals surface area contributed by atoms with Crippen molar-refractivity contribution in [1.82, 2.24) is 10.1 Å². The molecule has 0 amide bonds. The fraction of sp³-hybridized carbons (Fsp3) is 0.357. The van der Waals surface area contributed by atoms with Crippen LogP contribution in [0.25, 0.3) is 11.4 Å². The Kier molecular flexibility index (Phi) is 4.14. The number of rotatable bonds is 4. The number of carbonyl (C=O) groups excluding carboxylic acids is 1. The van der Waals surface area contributed by atoms with Crippen LogP contribution >= 0.6 is 15.9 Å². The summed E-state index contributed by atoms with van der Waals surface area (Å²) in [6.07, 6.45) is 0.192. The smallest absolute Gasteiger partial charge is 0.234 e. The van der Waals surface area contributed by atoms with E-state index < -0.39 is 0 Å². The fourth-order valence-corrected chi connectivity index (χ4v) is 1.91. The Hall–Kier alpha value is -1.49. The maximum Gasteiger partial charge on any atom is 0.234 e. The van der Waals surface area contributed by atoms with Crippen molar-refractivity contribution in [3.05, 3.63) is 34.1 Å². The van der Waals surface area contributed by atoms with E-state index in [-0.39, 0.29) is 18.1 Å². The lowest BCUT2D eigenvalue weighted by atomic mass is 10.1. The maximum atomic E-state index is 11.6. The van der Waals surface area contributed by atoms with E-state index in [1.54, 1.807) is 0 Å². The number of ketones is 1. The molecule has 0 saturated carbocycles. The van der Waals surface area contributed by atoms with Gasteiger partial charge in [-0.3, -0.25) is 4.79 Å². The van der Waals surface area contributed by atoms with Gasteiger partial charge in [-0.1, -0.05) is 47.1 Å². The van der Waals surface area contributed by atoms with E-state index in [0.717, 1.165) is 15.6 Å².